The summed E-state index contributed by atoms with van der Waals surface area (Å²) < 4.78 is 0. The lowest BCUT2D eigenvalue weighted by molar-refractivity contribution is -0.136. The van der Waals surface area contributed by atoms with Gasteiger partial charge in [0.25, 0.3) is 0 Å². The predicted molar refractivity (Wildman–Crippen MR) is 107 cm³/mol. The van der Waals surface area contributed by atoms with Crippen molar-refractivity contribution in [1.82, 2.24) is 0 Å². The van der Waals surface area contributed by atoms with Crippen molar-refractivity contribution in [2.24, 2.45) is 29.6 Å². The summed E-state index contributed by atoms with van der Waals surface area (Å²) in [6.45, 7) is 6.49. The Morgan fingerprint density at radius 2 is 2.11 bits per heavy atom. The molecular weight excluding hydrogens is 340 g/mol. The average molecular weight is 377 g/mol. The van der Waals surface area contributed by atoms with Crippen LogP contribution in [-0.4, -0.2) is 33.5 Å². The monoisotopic (exact) mass is 376 g/mol. The van der Waals surface area contributed by atoms with Crippen molar-refractivity contribution < 1.29 is 20.1 Å². The normalized spacial score (nSPS) is 33.4. The van der Waals surface area contributed by atoms with Crippen LogP contribution in [0.3, 0.4) is 0 Å². The number of hydrogen-bond acceptors (Lipinski definition) is 3. The summed E-state index contributed by atoms with van der Waals surface area (Å²) >= 11 is 0. The van der Waals surface area contributed by atoms with Crippen molar-refractivity contribution in [2.75, 3.05) is 0 Å². The molecule has 0 radical (unpaired) electrons. The molecule has 0 spiro atoms. The molecule has 0 aromatic rings. The molecule has 152 valence electrons. The summed E-state index contributed by atoms with van der Waals surface area (Å²) in [5.74, 6) is 6.91. The molecule has 0 saturated heterocycles. The highest BCUT2D eigenvalue weighted by molar-refractivity contribution is 5.66. The summed E-state index contributed by atoms with van der Waals surface area (Å²) in [5, 5.41) is 29.6. The summed E-state index contributed by atoms with van der Waals surface area (Å²) in [7, 11) is 0. The lowest BCUT2D eigenvalue weighted by Crippen LogP contribution is -2.50. The molecule has 2 fully saturated rings. The van der Waals surface area contributed by atoms with Gasteiger partial charge in [-0.05, 0) is 49.4 Å². The van der Waals surface area contributed by atoms with Gasteiger partial charge in [-0.1, -0.05) is 63.5 Å². The van der Waals surface area contributed by atoms with E-state index in [1.165, 1.54) is 18.4 Å². The third kappa shape index (κ3) is 5.83. The Kier molecular flexibility index (Phi) is 8.38. The number of carbonyl (C=O) groups is 1. The van der Waals surface area contributed by atoms with Gasteiger partial charge in [-0.2, -0.15) is 0 Å². The van der Waals surface area contributed by atoms with Gasteiger partial charge in [0.15, 0.2) is 0 Å². The average Bonchev–Trinajstić information content (AvgIpc) is 2.62. The van der Waals surface area contributed by atoms with Crippen LogP contribution in [0.4, 0.5) is 0 Å². The number of aliphatic hydroxyl groups is 2. The van der Waals surface area contributed by atoms with E-state index in [0.717, 1.165) is 19.3 Å². The summed E-state index contributed by atoms with van der Waals surface area (Å²) in [6.07, 6.45) is 7.63. The van der Waals surface area contributed by atoms with Crippen LogP contribution in [-0.2, 0) is 4.79 Å². The van der Waals surface area contributed by atoms with Crippen LogP contribution in [0.15, 0.2) is 11.6 Å². The van der Waals surface area contributed by atoms with Gasteiger partial charge < -0.3 is 15.3 Å². The lowest BCUT2D eigenvalue weighted by atomic mass is 9.51. The molecule has 0 amide bonds. The Bertz CT molecular complexity index is 585. The van der Waals surface area contributed by atoms with Crippen LogP contribution in [0.1, 0.15) is 72.1 Å². The lowest BCUT2D eigenvalue weighted by Gasteiger charge is -2.53. The van der Waals surface area contributed by atoms with Crippen molar-refractivity contribution >= 4 is 5.97 Å². The molecule has 0 heterocycles. The number of allylic oxidation sites excluding steroid dienone is 2. The highest BCUT2D eigenvalue weighted by Crippen LogP contribution is 2.55. The van der Waals surface area contributed by atoms with E-state index < -0.39 is 18.2 Å². The third-order valence-electron chi connectivity index (χ3n) is 6.43. The van der Waals surface area contributed by atoms with Gasteiger partial charge in [-0.25, -0.2) is 0 Å². The maximum atomic E-state index is 10.7. The van der Waals surface area contributed by atoms with Crippen molar-refractivity contribution in [1.29, 1.82) is 0 Å². The van der Waals surface area contributed by atoms with Gasteiger partial charge >= 0.3 is 5.97 Å². The molecule has 2 aliphatic rings. The zero-order valence-electron chi connectivity index (χ0n) is 17.0. The van der Waals surface area contributed by atoms with E-state index in [0.29, 0.717) is 36.5 Å². The molecule has 2 unspecified atom stereocenters. The fourth-order valence-corrected chi connectivity index (χ4v) is 4.91. The van der Waals surface area contributed by atoms with Crippen molar-refractivity contribution in [3.63, 3.8) is 0 Å². The zero-order chi connectivity index (χ0) is 20.0. The number of fused-ring (bicyclic) bond motifs is 1. The van der Waals surface area contributed by atoms with Crippen molar-refractivity contribution in [3.8, 4) is 11.8 Å². The molecule has 3 N–H and O–H groups in total. The first kappa shape index (κ1) is 22.0. The molecule has 0 bridgehead atoms. The highest BCUT2D eigenvalue weighted by Gasteiger charge is 2.50. The number of carboxylic acids is 1. The van der Waals surface area contributed by atoms with Crippen LogP contribution >= 0.6 is 0 Å². The van der Waals surface area contributed by atoms with E-state index in [1.54, 1.807) is 0 Å². The topological polar surface area (TPSA) is 77.8 Å². The first-order valence-corrected chi connectivity index (χ1v) is 10.6. The Morgan fingerprint density at radius 1 is 1.37 bits per heavy atom. The standard InChI is InChI=1S/C23H36O4/c1-4-5-7-15(2)14-17(24)10-11-20-21(25)13-12-19-18(16(3)23(19)20)8-6-9-22(26)27/h8,15-17,19-21,23-25H,4-7,9,12-14H2,1-3H3,(H,26,27)/t15-,16?,17?,19-,20+,21-,23+/m0/s1. The van der Waals surface area contributed by atoms with E-state index in [2.05, 4.69) is 38.7 Å². The molecule has 2 rings (SSSR count). The van der Waals surface area contributed by atoms with Gasteiger partial charge in [0.05, 0.1) is 12.0 Å². The molecule has 4 heteroatoms. The fourth-order valence-electron chi connectivity index (χ4n) is 4.91. The molecular formula is C23H36O4. The van der Waals surface area contributed by atoms with E-state index in [1.807, 2.05) is 0 Å². The summed E-state index contributed by atoms with van der Waals surface area (Å²) in [4.78, 5) is 10.7. The van der Waals surface area contributed by atoms with Crippen LogP contribution in [0.25, 0.3) is 0 Å². The van der Waals surface area contributed by atoms with Gasteiger partial charge in [0.2, 0.25) is 0 Å². The van der Waals surface area contributed by atoms with Gasteiger partial charge in [-0.15, -0.1) is 0 Å². The van der Waals surface area contributed by atoms with Gasteiger partial charge in [-0.3, -0.25) is 4.79 Å². The summed E-state index contributed by atoms with van der Waals surface area (Å²) in [6, 6.07) is 0. The second-order valence-electron chi connectivity index (χ2n) is 8.57. The van der Waals surface area contributed by atoms with Crippen molar-refractivity contribution in [2.45, 2.75) is 84.3 Å². The quantitative estimate of drug-likeness (QED) is 0.442. The SMILES string of the molecule is CCCC[C@H](C)CC(O)C#C[C@H]1[C@@H]2C(C)C(=CCCC(=O)O)[C@@H]2CC[C@@H]1O. The first-order chi connectivity index (χ1) is 12.8. The van der Waals surface area contributed by atoms with Crippen LogP contribution < -0.4 is 0 Å². The molecule has 0 aromatic heterocycles. The third-order valence-corrected chi connectivity index (χ3v) is 6.43. The van der Waals surface area contributed by atoms with Crippen LogP contribution in [0.2, 0.25) is 0 Å². The minimum atomic E-state index is -0.764. The number of unbranched alkanes of at least 4 members (excludes halogenated alkanes) is 1. The molecule has 2 aliphatic carbocycles. The minimum absolute atomic E-state index is 0.0871. The van der Waals surface area contributed by atoms with E-state index in [-0.39, 0.29) is 12.3 Å². The zero-order valence-corrected chi connectivity index (χ0v) is 17.0. The van der Waals surface area contributed by atoms with E-state index in [9.17, 15) is 15.0 Å². The van der Waals surface area contributed by atoms with Gasteiger partial charge in [0, 0.05) is 6.42 Å². The number of hydrogen-bond donors (Lipinski definition) is 3. The predicted octanol–water partition coefficient (Wildman–Crippen LogP) is 4.01. The Morgan fingerprint density at radius 3 is 2.78 bits per heavy atom. The fraction of sp³-hybridized carbons (Fsp3) is 0.783. The largest absolute Gasteiger partial charge is 0.481 e. The van der Waals surface area contributed by atoms with Crippen LogP contribution in [0, 0.1) is 41.4 Å². The van der Waals surface area contributed by atoms with E-state index >= 15 is 0 Å². The molecule has 2 saturated carbocycles. The van der Waals surface area contributed by atoms with Crippen molar-refractivity contribution in [3.05, 3.63) is 11.6 Å². The minimum Gasteiger partial charge on any atom is -0.481 e. The maximum absolute atomic E-state index is 10.7. The van der Waals surface area contributed by atoms with E-state index in [4.69, 9.17) is 5.11 Å². The number of aliphatic hydroxyl groups excluding tert-OH is 2. The Balaban J connectivity index is 1.96. The Hall–Kier alpha value is -1.31. The maximum Gasteiger partial charge on any atom is 0.303 e. The smallest absolute Gasteiger partial charge is 0.303 e. The molecule has 0 aliphatic heterocycles. The summed E-state index contributed by atoms with van der Waals surface area (Å²) in [5.41, 5.74) is 1.34. The number of aliphatic carboxylic acids is 1. The number of rotatable bonds is 8. The second kappa shape index (κ2) is 10.3. The van der Waals surface area contributed by atoms with Crippen LogP contribution in [0.5, 0.6) is 0 Å². The first-order valence-electron chi connectivity index (χ1n) is 10.6. The Labute approximate surface area is 164 Å². The highest BCUT2D eigenvalue weighted by atomic mass is 16.4. The molecule has 27 heavy (non-hydrogen) atoms. The number of carboxylic acid groups (broad SMARTS) is 1. The molecule has 7 atom stereocenters. The molecule has 4 nitrogen and oxygen atoms in total. The molecule has 0 aromatic carbocycles. The second-order valence-corrected chi connectivity index (χ2v) is 8.57. The van der Waals surface area contributed by atoms with Gasteiger partial charge in [0.1, 0.15) is 6.10 Å².